The van der Waals surface area contributed by atoms with E-state index in [1.165, 1.54) is 12.1 Å². The zero-order valence-electron chi connectivity index (χ0n) is 16.6. The molecule has 1 aromatic heterocycles. The molecule has 4 rings (SSSR count). The number of nitrogens with zero attached hydrogens (tertiary/aromatic N) is 2. The summed E-state index contributed by atoms with van der Waals surface area (Å²) in [6.45, 7) is -0.390. The molecule has 3 aromatic rings. The van der Waals surface area contributed by atoms with Crippen LogP contribution in [-0.4, -0.2) is 44.1 Å². The minimum absolute atomic E-state index is 0.131. The predicted molar refractivity (Wildman–Crippen MR) is 120 cm³/mol. The second-order valence-corrected chi connectivity index (χ2v) is 7.83. The zero-order chi connectivity index (χ0) is 22.7. The maximum Gasteiger partial charge on any atom is 0.335 e. The van der Waals surface area contributed by atoms with Crippen LogP contribution in [-0.2, 0) is 9.59 Å². The number of imide groups is 1. The SMILES string of the molecule is O=C(CN1C(=O)S/C(=C/c2cccn2-c2cccc(C(=O)O)c2)C1=O)Nc1ccccc1. The molecule has 32 heavy (non-hydrogen) atoms. The Morgan fingerprint density at radius 3 is 2.53 bits per heavy atom. The van der Waals surface area contributed by atoms with E-state index in [1.807, 2.05) is 6.07 Å². The number of hydrogen-bond donors (Lipinski definition) is 2. The highest BCUT2D eigenvalue weighted by Gasteiger charge is 2.36. The first-order chi connectivity index (χ1) is 15.4. The molecule has 1 aliphatic rings. The van der Waals surface area contributed by atoms with Gasteiger partial charge in [-0.2, -0.15) is 0 Å². The van der Waals surface area contributed by atoms with Gasteiger partial charge in [0.2, 0.25) is 5.91 Å². The number of anilines is 1. The molecule has 0 spiro atoms. The van der Waals surface area contributed by atoms with Crippen LogP contribution >= 0.6 is 11.8 Å². The van der Waals surface area contributed by atoms with Crippen molar-refractivity contribution < 1.29 is 24.3 Å². The first-order valence-electron chi connectivity index (χ1n) is 9.54. The van der Waals surface area contributed by atoms with Crippen LogP contribution in [0.25, 0.3) is 11.8 Å². The van der Waals surface area contributed by atoms with Crippen LogP contribution in [0, 0.1) is 0 Å². The molecule has 0 unspecified atom stereocenters. The summed E-state index contributed by atoms with van der Waals surface area (Å²) < 4.78 is 1.71. The highest BCUT2D eigenvalue weighted by Crippen LogP contribution is 2.32. The molecule has 9 heteroatoms. The molecule has 1 saturated heterocycles. The summed E-state index contributed by atoms with van der Waals surface area (Å²) in [5, 5.41) is 11.3. The zero-order valence-corrected chi connectivity index (χ0v) is 17.4. The Labute approximate surface area is 187 Å². The standard InChI is InChI=1S/C23H17N3O5S/c27-20(24-16-7-2-1-3-8-16)14-26-21(28)19(32-23(26)31)13-18-10-5-11-25(18)17-9-4-6-15(12-17)22(29)30/h1-13H,14H2,(H,24,27)(H,29,30)/b19-13+. The summed E-state index contributed by atoms with van der Waals surface area (Å²) in [7, 11) is 0. The number of carboxylic acids is 1. The van der Waals surface area contributed by atoms with Crippen LogP contribution in [0.15, 0.2) is 77.8 Å². The first kappa shape index (κ1) is 21.1. The number of rotatable bonds is 6. The Hall–Kier alpha value is -4.11. The van der Waals surface area contributed by atoms with Crippen LogP contribution in [0.3, 0.4) is 0 Å². The van der Waals surface area contributed by atoms with Crippen molar-refractivity contribution in [3.63, 3.8) is 0 Å². The molecule has 2 N–H and O–H groups in total. The van der Waals surface area contributed by atoms with Crippen molar-refractivity contribution in [3.8, 4) is 5.69 Å². The third-order valence-corrected chi connectivity index (χ3v) is 5.57. The van der Waals surface area contributed by atoms with Gasteiger partial charge in [0, 0.05) is 23.3 Å². The Balaban J connectivity index is 1.53. The summed E-state index contributed by atoms with van der Waals surface area (Å²) in [5.41, 5.74) is 1.89. The van der Waals surface area contributed by atoms with Gasteiger partial charge >= 0.3 is 5.97 Å². The van der Waals surface area contributed by atoms with Crippen LogP contribution in [0.2, 0.25) is 0 Å². The van der Waals surface area contributed by atoms with E-state index in [-0.39, 0.29) is 10.5 Å². The van der Waals surface area contributed by atoms with Gasteiger partial charge in [-0.3, -0.25) is 19.3 Å². The molecule has 3 amide bonds. The van der Waals surface area contributed by atoms with Crippen molar-refractivity contribution in [3.05, 3.63) is 89.1 Å². The molecule has 8 nitrogen and oxygen atoms in total. The molecule has 0 aliphatic carbocycles. The average Bonchev–Trinajstić information content (AvgIpc) is 3.34. The molecular weight excluding hydrogens is 430 g/mol. The third kappa shape index (κ3) is 4.47. The lowest BCUT2D eigenvalue weighted by molar-refractivity contribution is -0.127. The van der Waals surface area contributed by atoms with Crippen molar-refractivity contribution >= 4 is 46.5 Å². The summed E-state index contributed by atoms with van der Waals surface area (Å²) in [6, 6.07) is 18.6. The number of para-hydroxylation sites is 1. The molecule has 2 aromatic carbocycles. The van der Waals surface area contributed by atoms with Crippen LogP contribution in [0.4, 0.5) is 10.5 Å². The lowest BCUT2D eigenvalue weighted by Gasteiger charge is -2.12. The van der Waals surface area contributed by atoms with Gasteiger partial charge < -0.3 is 15.0 Å². The number of benzene rings is 2. The fourth-order valence-electron chi connectivity index (χ4n) is 3.17. The summed E-state index contributed by atoms with van der Waals surface area (Å²) >= 11 is 0.751. The van der Waals surface area contributed by atoms with E-state index in [4.69, 9.17) is 0 Å². The van der Waals surface area contributed by atoms with E-state index >= 15 is 0 Å². The molecule has 1 aliphatic heterocycles. The summed E-state index contributed by atoms with van der Waals surface area (Å²) in [5.74, 6) is -2.08. The number of amides is 3. The van der Waals surface area contributed by atoms with Gasteiger partial charge in [-0.25, -0.2) is 4.79 Å². The summed E-state index contributed by atoms with van der Waals surface area (Å²) in [6.07, 6.45) is 3.28. The lowest BCUT2D eigenvalue weighted by atomic mass is 10.2. The molecular formula is C23H17N3O5S. The van der Waals surface area contributed by atoms with E-state index in [9.17, 15) is 24.3 Å². The topological polar surface area (TPSA) is 109 Å². The van der Waals surface area contributed by atoms with E-state index in [0.29, 0.717) is 17.1 Å². The number of nitrogens with one attached hydrogen (secondary N) is 1. The number of carbonyl (C=O) groups is 4. The number of aromatic nitrogens is 1. The number of hydrogen-bond acceptors (Lipinski definition) is 5. The molecule has 1 fully saturated rings. The fourth-order valence-corrected chi connectivity index (χ4v) is 3.99. The van der Waals surface area contributed by atoms with Gasteiger partial charge in [-0.05, 0) is 60.3 Å². The van der Waals surface area contributed by atoms with Crippen LogP contribution < -0.4 is 5.32 Å². The Bertz CT molecular complexity index is 1250. The minimum atomic E-state index is -1.05. The summed E-state index contributed by atoms with van der Waals surface area (Å²) in [4.78, 5) is 49.7. The maximum atomic E-state index is 12.8. The van der Waals surface area contributed by atoms with E-state index < -0.39 is 29.6 Å². The number of carboxylic acid groups (broad SMARTS) is 1. The van der Waals surface area contributed by atoms with Crippen LogP contribution in [0.1, 0.15) is 16.1 Å². The van der Waals surface area contributed by atoms with E-state index in [1.54, 1.807) is 65.4 Å². The van der Waals surface area contributed by atoms with Gasteiger partial charge in [0.05, 0.1) is 10.5 Å². The van der Waals surface area contributed by atoms with Gasteiger partial charge in [0.15, 0.2) is 0 Å². The van der Waals surface area contributed by atoms with Gasteiger partial charge in [0.25, 0.3) is 11.1 Å². The van der Waals surface area contributed by atoms with Crippen LogP contribution in [0.5, 0.6) is 0 Å². The monoisotopic (exact) mass is 447 g/mol. The third-order valence-electron chi connectivity index (χ3n) is 4.66. The van der Waals surface area contributed by atoms with Gasteiger partial charge in [-0.15, -0.1) is 0 Å². The molecule has 0 radical (unpaired) electrons. The second kappa shape index (κ2) is 8.94. The molecule has 0 bridgehead atoms. The lowest BCUT2D eigenvalue weighted by Crippen LogP contribution is -2.36. The minimum Gasteiger partial charge on any atom is -0.478 e. The van der Waals surface area contributed by atoms with Gasteiger partial charge in [-0.1, -0.05) is 24.3 Å². The van der Waals surface area contributed by atoms with E-state index in [2.05, 4.69) is 5.32 Å². The molecule has 160 valence electrons. The Morgan fingerprint density at radius 1 is 1.00 bits per heavy atom. The van der Waals surface area contributed by atoms with Crippen molar-refractivity contribution in [1.29, 1.82) is 0 Å². The Kier molecular flexibility index (Phi) is 5.91. The number of aromatic carboxylic acids is 1. The fraction of sp³-hybridized carbons (Fsp3) is 0.0435. The number of thioether (sulfide) groups is 1. The van der Waals surface area contributed by atoms with Crippen molar-refractivity contribution in [1.82, 2.24) is 9.47 Å². The van der Waals surface area contributed by atoms with Gasteiger partial charge in [0.1, 0.15) is 6.54 Å². The number of carbonyl (C=O) groups excluding carboxylic acids is 3. The molecule has 2 heterocycles. The second-order valence-electron chi connectivity index (χ2n) is 6.84. The Morgan fingerprint density at radius 2 is 1.78 bits per heavy atom. The largest absolute Gasteiger partial charge is 0.478 e. The molecule has 0 atom stereocenters. The predicted octanol–water partition coefficient (Wildman–Crippen LogP) is 3.85. The first-order valence-corrected chi connectivity index (χ1v) is 10.4. The van der Waals surface area contributed by atoms with E-state index in [0.717, 1.165) is 16.7 Å². The highest BCUT2D eigenvalue weighted by molar-refractivity contribution is 8.18. The van der Waals surface area contributed by atoms with Crippen molar-refractivity contribution in [2.75, 3.05) is 11.9 Å². The molecule has 0 saturated carbocycles. The highest BCUT2D eigenvalue weighted by atomic mass is 32.2. The maximum absolute atomic E-state index is 12.8. The quantitative estimate of drug-likeness (QED) is 0.556. The van der Waals surface area contributed by atoms with Crippen molar-refractivity contribution in [2.45, 2.75) is 0 Å². The normalized spacial score (nSPS) is 14.8. The van der Waals surface area contributed by atoms with Crippen molar-refractivity contribution in [2.24, 2.45) is 0 Å². The average molecular weight is 447 g/mol. The smallest absolute Gasteiger partial charge is 0.335 e.